The molecule has 0 aliphatic carbocycles. The summed E-state index contributed by atoms with van der Waals surface area (Å²) in [5.74, 6) is -0.0298. The van der Waals surface area contributed by atoms with Gasteiger partial charge in [-0.3, -0.25) is 9.59 Å². The number of likely N-dealkylation sites (tertiary alicyclic amines) is 1. The Hall–Kier alpha value is -1.49. The highest BCUT2D eigenvalue weighted by Gasteiger charge is 2.30. The van der Waals surface area contributed by atoms with Gasteiger partial charge in [0.15, 0.2) is 0 Å². The van der Waals surface area contributed by atoms with Gasteiger partial charge in [0.05, 0.1) is 5.75 Å². The molecule has 1 saturated heterocycles. The van der Waals surface area contributed by atoms with Gasteiger partial charge in [0.2, 0.25) is 11.8 Å². The van der Waals surface area contributed by atoms with Gasteiger partial charge in [-0.25, -0.2) is 0 Å². The van der Waals surface area contributed by atoms with Crippen molar-refractivity contribution in [3.8, 4) is 0 Å². The summed E-state index contributed by atoms with van der Waals surface area (Å²) in [4.78, 5) is 26.6. The highest BCUT2D eigenvalue weighted by Crippen LogP contribution is 2.25. The van der Waals surface area contributed by atoms with Crippen LogP contribution in [0.2, 0.25) is 0 Å². The number of carbonyl (C=O) groups excluding carboxylic acids is 2. The second kappa shape index (κ2) is 6.98. The molecule has 1 fully saturated rings. The number of hydrogen-bond acceptors (Lipinski definition) is 3. The van der Waals surface area contributed by atoms with Crippen LogP contribution in [-0.4, -0.2) is 35.1 Å². The van der Waals surface area contributed by atoms with Crippen molar-refractivity contribution < 1.29 is 9.59 Å². The Morgan fingerprint density at radius 3 is 2.81 bits per heavy atom. The van der Waals surface area contributed by atoms with Crippen molar-refractivity contribution >= 4 is 23.6 Å². The average Bonchev–Trinajstić information content (AvgIpc) is 2.47. The number of aryl methyl sites for hydroxylation is 2. The van der Waals surface area contributed by atoms with Gasteiger partial charge in [-0.15, -0.1) is 11.8 Å². The van der Waals surface area contributed by atoms with Crippen LogP contribution >= 0.6 is 11.8 Å². The third-order valence-corrected chi connectivity index (χ3v) is 4.99. The monoisotopic (exact) mass is 306 g/mol. The molecule has 21 heavy (non-hydrogen) atoms. The number of amides is 2. The Balaban J connectivity index is 2.00. The van der Waals surface area contributed by atoms with Crippen LogP contribution in [0.4, 0.5) is 0 Å². The van der Waals surface area contributed by atoms with Crippen LogP contribution in [-0.2, 0) is 9.59 Å². The number of thioether (sulfide) groups is 1. The van der Waals surface area contributed by atoms with Gasteiger partial charge in [0.25, 0.3) is 0 Å². The molecule has 1 atom stereocenters. The van der Waals surface area contributed by atoms with Crippen LogP contribution in [0.3, 0.4) is 0 Å². The first kappa shape index (κ1) is 15.9. The third kappa shape index (κ3) is 4.00. The van der Waals surface area contributed by atoms with E-state index in [4.69, 9.17) is 5.73 Å². The molecule has 0 spiro atoms. The molecule has 2 rings (SSSR count). The SMILES string of the molecule is Cc1ccc(C)c(SCC(=O)N2CCCC[C@@H]2C(N)=O)c1. The van der Waals surface area contributed by atoms with Gasteiger partial charge in [0.1, 0.15) is 6.04 Å². The fourth-order valence-corrected chi connectivity index (χ4v) is 3.62. The molecular formula is C16H22N2O2S. The number of carbonyl (C=O) groups is 2. The van der Waals surface area contributed by atoms with Crippen LogP contribution in [0, 0.1) is 13.8 Å². The third-order valence-electron chi connectivity index (χ3n) is 3.85. The lowest BCUT2D eigenvalue weighted by Crippen LogP contribution is -2.51. The zero-order valence-corrected chi connectivity index (χ0v) is 13.4. The second-order valence-electron chi connectivity index (χ2n) is 5.56. The minimum absolute atomic E-state index is 0.00408. The van der Waals surface area contributed by atoms with E-state index in [1.807, 2.05) is 13.8 Å². The lowest BCUT2D eigenvalue weighted by Gasteiger charge is -2.33. The predicted molar refractivity (Wildman–Crippen MR) is 85.2 cm³/mol. The number of benzene rings is 1. The number of nitrogens with two attached hydrogens (primary N) is 1. The molecule has 1 aliphatic rings. The first-order valence-electron chi connectivity index (χ1n) is 7.28. The van der Waals surface area contributed by atoms with Crippen LogP contribution in [0.15, 0.2) is 23.1 Å². The number of rotatable bonds is 4. The summed E-state index contributed by atoms with van der Waals surface area (Å²) in [5, 5.41) is 0. The van der Waals surface area contributed by atoms with E-state index in [0.717, 1.165) is 17.7 Å². The average molecular weight is 306 g/mol. The predicted octanol–water partition coefficient (Wildman–Crippen LogP) is 2.26. The second-order valence-corrected chi connectivity index (χ2v) is 6.58. The molecule has 2 amide bonds. The van der Waals surface area contributed by atoms with E-state index >= 15 is 0 Å². The van der Waals surface area contributed by atoms with Gasteiger partial charge < -0.3 is 10.6 Å². The van der Waals surface area contributed by atoms with Gasteiger partial charge in [-0.2, -0.15) is 0 Å². The normalized spacial score (nSPS) is 18.6. The zero-order chi connectivity index (χ0) is 15.4. The van der Waals surface area contributed by atoms with Crippen molar-refractivity contribution in [3.63, 3.8) is 0 Å². The summed E-state index contributed by atoms with van der Waals surface area (Å²) in [5.41, 5.74) is 7.76. The lowest BCUT2D eigenvalue weighted by molar-refractivity contribution is -0.138. The molecule has 0 saturated carbocycles. The standard InChI is InChI=1S/C16H22N2O2S/c1-11-6-7-12(2)14(9-11)21-10-15(19)18-8-4-3-5-13(18)16(17)20/h6-7,9,13H,3-5,8,10H2,1-2H3,(H2,17,20)/t13-/m1/s1. The van der Waals surface area contributed by atoms with Crippen molar-refractivity contribution in [3.05, 3.63) is 29.3 Å². The molecule has 0 unspecified atom stereocenters. The van der Waals surface area contributed by atoms with E-state index < -0.39 is 6.04 Å². The molecular weight excluding hydrogens is 284 g/mol. The van der Waals surface area contributed by atoms with Crippen LogP contribution in [0.25, 0.3) is 0 Å². The number of nitrogens with zero attached hydrogens (tertiary/aromatic N) is 1. The summed E-state index contributed by atoms with van der Waals surface area (Å²) in [6.07, 6.45) is 2.60. The van der Waals surface area contributed by atoms with Crippen molar-refractivity contribution in [1.82, 2.24) is 4.90 Å². The van der Waals surface area contributed by atoms with E-state index in [1.54, 1.807) is 4.90 Å². The summed E-state index contributed by atoms with van der Waals surface area (Å²) < 4.78 is 0. The van der Waals surface area contributed by atoms with Crippen molar-refractivity contribution in [2.75, 3.05) is 12.3 Å². The zero-order valence-electron chi connectivity index (χ0n) is 12.6. The summed E-state index contributed by atoms with van der Waals surface area (Å²) in [6, 6.07) is 5.80. The minimum Gasteiger partial charge on any atom is -0.368 e. The Labute approximate surface area is 130 Å². The summed E-state index contributed by atoms with van der Waals surface area (Å²) in [6.45, 7) is 4.72. The summed E-state index contributed by atoms with van der Waals surface area (Å²) in [7, 11) is 0. The fourth-order valence-electron chi connectivity index (χ4n) is 2.61. The fraction of sp³-hybridized carbons (Fsp3) is 0.500. The topological polar surface area (TPSA) is 63.4 Å². The van der Waals surface area contributed by atoms with Crippen molar-refractivity contribution in [2.45, 2.75) is 44.0 Å². The molecule has 2 N–H and O–H groups in total. The molecule has 114 valence electrons. The largest absolute Gasteiger partial charge is 0.368 e. The van der Waals surface area contributed by atoms with Gasteiger partial charge in [-0.05, 0) is 44.7 Å². The van der Waals surface area contributed by atoms with E-state index in [1.165, 1.54) is 22.9 Å². The Bertz CT molecular complexity index is 545. The molecule has 1 heterocycles. The number of piperidine rings is 1. The maximum Gasteiger partial charge on any atom is 0.240 e. The molecule has 1 aliphatic heterocycles. The van der Waals surface area contributed by atoms with E-state index in [-0.39, 0.29) is 11.8 Å². The van der Waals surface area contributed by atoms with E-state index in [9.17, 15) is 9.59 Å². The first-order chi connectivity index (χ1) is 9.99. The maximum atomic E-state index is 12.4. The Morgan fingerprint density at radius 1 is 1.33 bits per heavy atom. The first-order valence-corrected chi connectivity index (χ1v) is 8.26. The van der Waals surface area contributed by atoms with Crippen LogP contribution in [0.5, 0.6) is 0 Å². The van der Waals surface area contributed by atoms with E-state index in [0.29, 0.717) is 18.7 Å². The molecule has 0 bridgehead atoms. The maximum absolute atomic E-state index is 12.4. The van der Waals surface area contributed by atoms with E-state index in [2.05, 4.69) is 18.2 Å². The van der Waals surface area contributed by atoms with Crippen LogP contribution in [0.1, 0.15) is 30.4 Å². The number of hydrogen-bond donors (Lipinski definition) is 1. The molecule has 0 radical (unpaired) electrons. The number of primary amides is 1. The smallest absolute Gasteiger partial charge is 0.240 e. The molecule has 4 nitrogen and oxygen atoms in total. The van der Waals surface area contributed by atoms with Gasteiger partial charge >= 0.3 is 0 Å². The Kier molecular flexibility index (Phi) is 5.28. The quantitative estimate of drug-likeness (QED) is 0.868. The van der Waals surface area contributed by atoms with Gasteiger partial charge in [0, 0.05) is 11.4 Å². The van der Waals surface area contributed by atoms with Crippen molar-refractivity contribution in [1.29, 1.82) is 0 Å². The molecule has 1 aromatic carbocycles. The molecule has 1 aromatic rings. The molecule has 5 heteroatoms. The van der Waals surface area contributed by atoms with Crippen LogP contribution < -0.4 is 5.73 Å². The Morgan fingerprint density at radius 2 is 2.10 bits per heavy atom. The highest BCUT2D eigenvalue weighted by atomic mass is 32.2. The molecule has 0 aromatic heterocycles. The van der Waals surface area contributed by atoms with Crippen molar-refractivity contribution in [2.24, 2.45) is 5.73 Å². The highest BCUT2D eigenvalue weighted by molar-refractivity contribution is 8.00. The van der Waals surface area contributed by atoms with Gasteiger partial charge in [-0.1, -0.05) is 17.7 Å². The lowest BCUT2D eigenvalue weighted by atomic mass is 10.0. The summed E-state index contributed by atoms with van der Waals surface area (Å²) >= 11 is 1.53. The minimum atomic E-state index is -0.426.